The number of fused-ring (bicyclic) bond motifs is 5. The summed E-state index contributed by atoms with van der Waals surface area (Å²) in [4.78, 5) is 6.65. The molecule has 4 rings (SSSR count). The molecule has 0 spiro atoms. The summed E-state index contributed by atoms with van der Waals surface area (Å²) in [6.07, 6.45) is 1.99. The average Bonchev–Trinajstić information content (AvgIpc) is 2.79. The minimum atomic E-state index is -0.805. The SMILES string of the molecule is OC12c3ccccc3CC1SC1=NCCCN12. The second kappa shape index (κ2) is 3.27. The molecule has 2 aliphatic heterocycles. The topological polar surface area (TPSA) is 35.8 Å². The number of hydrogen-bond donors (Lipinski definition) is 1. The summed E-state index contributed by atoms with van der Waals surface area (Å²) in [5.74, 6) is 0. The Kier molecular flexibility index (Phi) is 1.92. The van der Waals surface area contributed by atoms with Crippen LogP contribution in [0.5, 0.6) is 0 Å². The third-order valence-corrected chi connectivity index (χ3v) is 5.29. The summed E-state index contributed by atoms with van der Waals surface area (Å²) < 4.78 is 0. The van der Waals surface area contributed by atoms with Crippen molar-refractivity contribution in [3.05, 3.63) is 35.4 Å². The van der Waals surface area contributed by atoms with Gasteiger partial charge in [0.2, 0.25) is 0 Å². The van der Waals surface area contributed by atoms with Gasteiger partial charge < -0.3 is 10.0 Å². The molecule has 1 aromatic carbocycles. The summed E-state index contributed by atoms with van der Waals surface area (Å²) in [7, 11) is 0. The lowest BCUT2D eigenvalue weighted by molar-refractivity contribution is -0.0638. The number of hydrogen-bond acceptors (Lipinski definition) is 4. The van der Waals surface area contributed by atoms with E-state index in [1.165, 1.54) is 5.56 Å². The lowest BCUT2D eigenvalue weighted by Gasteiger charge is -2.36. The molecule has 1 fully saturated rings. The zero-order valence-electron chi connectivity index (χ0n) is 9.47. The molecular weight excluding hydrogens is 232 g/mol. The highest BCUT2D eigenvalue weighted by Gasteiger charge is 2.57. The molecule has 1 aromatic rings. The Bertz CT molecular complexity index is 516. The molecule has 1 saturated heterocycles. The molecule has 0 aromatic heterocycles. The first-order valence-electron chi connectivity index (χ1n) is 6.09. The first-order valence-corrected chi connectivity index (χ1v) is 6.97. The number of thioether (sulfide) groups is 1. The van der Waals surface area contributed by atoms with Gasteiger partial charge >= 0.3 is 0 Å². The van der Waals surface area contributed by atoms with E-state index in [2.05, 4.69) is 28.1 Å². The van der Waals surface area contributed by atoms with Gasteiger partial charge in [-0.3, -0.25) is 4.99 Å². The minimum absolute atomic E-state index is 0.219. The van der Waals surface area contributed by atoms with E-state index in [0.29, 0.717) is 0 Å². The fraction of sp³-hybridized carbons (Fsp3) is 0.462. The maximum absolute atomic E-state index is 11.1. The molecule has 0 bridgehead atoms. The van der Waals surface area contributed by atoms with Crippen LogP contribution >= 0.6 is 11.8 Å². The Morgan fingerprint density at radius 1 is 1.41 bits per heavy atom. The highest BCUT2D eigenvalue weighted by molar-refractivity contribution is 8.14. The predicted molar refractivity (Wildman–Crippen MR) is 69.0 cm³/mol. The summed E-state index contributed by atoms with van der Waals surface area (Å²) in [5, 5.41) is 12.4. The predicted octanol–water partition coefficient (Wildman–Crippen LogP) is 1.56. The minimum Gasteiger partial charge on any atom is -0.366 e. The third kappa shape index (κ3) is 1.15. The van der Waals surface area contributed by atoms with E-state index in [1.54, 1.807) is 11.8 Å². The van der Waals surface area contributed by atoms with Crippen molar-refractivity contribution in [2.45, 2.75) is 23.8 Å². The van der Waals surface area contributed by atoms with E-state index in [4.69, 9.17) is 0 Å². The summed E-state index contributed by atoms with van der Waals surface area (Å²) in [6.45, 7) is 1.83. The van der Waals surface area contributed by atoms with E-state index in [1.807, 2.05) is 6.07 Å². The van der Waals surface area contributed by atoms with E-state index < -0.39 is 5.72 Å². The van der Waals surface area contributed by atoms with Crippen molar-refractivity contribution in [2.75, 3.05) is 13.1 Å². The smallest absolute Gasteiger partial charge is 0.179 e. The molecular formula is C13H14N2OS. The van der Waals surface area contributed by atoms with E-state index in [-0.39, 0.29) is 5.25 Å². The molecule has 0 saturated carbocycles. The number of benzene rings is 1. The fourth-order valence-corrected chi connectivity index (χ4v) is 4.60. The van der Waals surface area contributed by atoms with Crippen LogP contribution in [-0.2, 0) is 12.1 Å². The lowest BCUT2D eigenvalue weighted by atomic mass is 10.0. The summed E-state index contributed by atoms with van der Waals surface area (Å²) in [6, 6.07) is 8.27. The first-order chi connectivity index (χ1) is 8.30. The monoisotopic (exact) mass is 246 g/mol. The number of nitrogens with zero attached hydrogens (tertiary/aromatic N) is 2. The van der Waals surface area contributed by atoms with Gasteiger partial charge in [0.1, 0.15) is 0 Å². The van der Waals surface area contributed by atoms with Crippen LogP contribution in [0.1, 0.15) is 17.5 Å². The largest absolute Gasteiger partial charge is 0.366 e. The van der Waals surface area contributed by atoms with Crippen LogP contribution in [-0.4, -0.2) is 33.5 Å². The number of amidine groups is 1. The molecule has 17 heavy (non-hydrogen) atoms. The van der Waals surface area contributed by atoms with Gasteiger partial charge in [-0.15, -0.1) is 0 Å². The molecule has 88 valence electrons. The lowest BCUT2D eigenvalue weighted by Crippen LogP contribution is -2.48. The second-order valence-corrected chi connectivity index (χ2v) is 6.03. The molecule has 2 heterocycles. The van der Waals surface area contributed by atoms with Gasteiger partial charge in [0.15, 0.2) is 10.9 Å². The molecule has 4 heteroatoms. The third-order valence-electron chi connectivity index (χ3n) is 3.95. The zero-order chi connectivity index (χ0) is 11.5. The number of aliphatic imine (C=N–C) groups is 1. The zero-order valence-corrected chi connectivity index (χ0v) is 10.3. The molecule has 3 aliphatic rings. The second-order valence-electron chi connectivity index (χ2n) is 4.86. The van der Waals surface area contributed by atoms with Crippen molar-refractivity contribution < 1.29 is 5.11 Å². The molecule has 1 N–H and O–H groups in total. The van der Waals surface area contributed by atoms with Crippen LogP contribution < -0.4 is 0 Å². The quantitative estimate of drug-likeness (QED) is 0.754. The van der Waals surface area contributed by atoms with Crippen molar-refractivity contribution in [1.29, 1.82) is 0 Å². The molecule has 0 amide bonds. The average molecular weight is 246 g/mol. The van der Waals surface area contributed by atoms with Gasteiger partial charge in [-0.25, -0.2) is 0 Å². The van der Waals surface area contributed by atoms with E-state index >= 15 is 0 Å². The highest BCUT2D eigenvalue weighted by atomic mass is 32.2. The van der Waals surface area contributed by atoms with Gasteiger partial charge in [0.25, 0.3) is 0 Å². The Morgan fingerprint density at radius 3 is 3.24 bits per heavy atom. The summed E-state index contributed by atoms with van der Waals surface area (Å²) >= 11 is 1.75. The number of aliphatic hydroxyl groups is 1. The maximum atomic E-state index is 11.1. The highest BCUT2D eigenvalue weighted by Crippen LogP contribution is 2.52. The van der Waals surface area contributed by atoms with Crippen LogP contribution in [0.3, 0.4) is 0 Å². The van der Waals surface area contributed by atoms with E-state index in [9.17, 15) is 5.11 Å². The van der Waals surface area contributed by atoms with Crippen molar-refractivity contribution in [3.8, 4) is 0 Å². The van der Waals surface area contributed by atoms with Crippen molar-refractivity contribution in [3.63, 3.8) is 0 Å². The standard InChI is InChI=1S/C13H14N2OS/c16-13-10-5-2-1-4-9(10)8-11(13)17-12-14-6-3-7-15(12)13/h1-2,4-5,11,16H,3,6-8H2. The van der Waals surface area contributed by atoms with Gasteiger partial charge in [-0.05, 0) is 18.4 Å². The van der Waals surface area contributed by atoms with Crippen LogP contribution in [0, 0.1) is 0 Å². The van der Waals surface area contributed by atoms with Crippen LogP contribution in [0.25, 0.3) is 0 Å². The number of rotatable bonds is 0. The Balaban J connectivity index is 1.89. The Morgan fingerprint density at radius 2 is 2.29 bits per heavy atom. The molecule has 2 unspecified atom stereocenters. The Labute approximate surface area is 105 Å². The van der Waals surface area contributed by atoms with Crippen LogP contribution in [0.15, 0.2) is 29.3 Å². The van der Waals surface area contributed by atoms with Crippen LogP contribution in [0.4, 0.5) is 0 Å². The van der Waals surface area contributed by atoms with Gasteiger partial charge in [0, 0.05) is 18.7 Å². The molecule has 0 radical (unpaired) electrons. The maximum Gasteiger partial charge on any atom is 0.179 e. The molecule has 2 atom stereocenters. The van der Waals surface area contributed by atoms with Gasteiger partial charge in [-0.2, -0.15) is 0 Å². The molecule has 3 nitrogen and oxygen atoms in total. The van der Waals surface area contributed by atoms with Gasteiger partial charge in [-0.1, -0.05) is 36.0 Å². The van der Waals surface area contributed by atoms with Crippen molar-refractivity contribution in [2.24, 2.45) is 4.99 Å². The van der Waals surface area contributed by atoms with Crippen molar-refractivity contribution in [1.82, 2.24) is 4.90 Å². The first kappa shape index (κ1) is 9.97. The molecule has 1 aliphatic carbocycles. The normalized spacial score (nSPS) is 34.1. The fourth-order valence-electron chi connectivity index (χ4n) is 3.14. The van der Waals surface area contributed by atoms with Crippen molar-refractivity contribution >= 4 is 16.9 Å². The van der Waals surface area contributed by atoms with E-state index in [0.717, 1.165) is 36.7 Å². The van der Waals surface area contributed by atoms with Gasteiger partial charge in [0.05, 0.1) is 5.25 Å². The van der Waals surface area contributed by atoms with Crippen LogP contribution in [0.2, 0.25) is 0 Å². The summed E-state index contributed by atoms with van der Waals surface area (Å²) in [5.41, 5.74) is 1.57. The Hall–Kier alpha value is -1.00.